The zero-order chi connectivity index (χ0) is 22.8. The van der Waals surface area contributed by atoms with Crippen LogP contribution in [-0.4, -0.2) is 29.0 Å². The number of aromatic nitrogens is 1. The lowest BCUT2D eigenvalue weighted by Gasteiger charge is -2.37. The van der Waals surface area contributed by atoms with Gasteiger partial charge in [-0.3, -0.25) is 9.69 Å². The molecule has 2 aromatic carbocycles. The second-order valence-electron chi connectivity index (χ2n) is 7.81. The van der Waals surface area contributed by atoms with E-state index in [2.05, 4.69) is 4.98 Å². The molecule has 0 bridgehead atoms. The Balaban J connectivity index is 1.67. The van der Waals surface area contributed by atoms with Crippen molar-refractivity contribution in [2.45, 2.75) is 52.9 Å². The summed E-state index contributed by atoms with van der Waals surface area (Å²) in [7, 11) is 0. The molecule has 0 saturated carbocycles. The third-order valence-electron chi connectivity index (χ3n) is 5.48. The average molecular weight is 451 g/mol. The van der Waals surface area contributed by atoms with Crippen molar-refractivity contribution >= 4 is 28.9 Å². The molecule has 6 nitrogen and oxygen atoms in total. The number of esters is 1. The van der Waals surface area contributed by atoms with Gasteiger partial charge in [-0.15, -0.1) is 11.3 Å². The number of ether oxygens (including phenoxy) is 2. The van der Waals surface area contributed by atoms with Crippen LogP contribution in [0.25, 0.3) is 11.3 Å². The summed E-state index contributed by atoms with van der Waals surface area (Å²) in [4.78, 5) is 33.5. The second-order valence-corrected chi connectivity index (χ2v) is 9.21. The van der Waals surface area contributed by atoms with Gasteiger partial charge in [0, 0.05) is 10.4 Å². The normalized spacial score (nSPS) is 16.3. The van der Waals surface area contributed by atoms with Crippen LogP contribution in [-0.2, 0) is 20.9 Å². The SMILES string of the molecule is CCC(C(=O)OCc1ccccc1)N1C(=O)C(C)Oc2ccc(-c3nc(C)sc3C)cc21. The van der Waals surface area contributed by atoms with Gasteiger partial charge in [-0.2, -0.15) is 0 Å². The second kappa shape index (κ2) is 9.12. The van der Waals surface area contributed by atoms with E-state index in [1.165, 1.54) is 4.90 Å². The summed E-state index contributed by atoms with van der Waals surface area (Å²) in [6, 6.07) is 14.4. The van der Waals surface area contributed by atoms with Crippen LogP contribution in [0.3, 0.4) is 0 Å². The number of carbonyl (C=O) groups is 2. The number of fused-ring (bicyclic) bond motifs is 1. The van der Waals surface area contributed by atoms with E-state index in [1.54, 1.807) is 18.3 Å². The van der Waals surface area contributed by atoms with Crippen molar-refractivity contribution in [3.05, 3.63) is 64.0 Å². The Hall–Kier alpha value is -3.19. The van der Waals surface area contributed by atoms with Crippen LogP contribution in [0.1, 0.15) is 35.7 Å². The van der Waals surface area contributed by atoms with E-state index in [1.807, 2.05) is 69.3 Å². The number of thiazole rings is 1. The molecule has 1 aliphatic heterocycles. The Morgan fingerprint density at radius 3 is 2.62 bits per heavy atom. The first-order chi connectivity index (χ1) is 15.4. The monoisotopic (exact) mass is 450 g/mol. The maximum absolute atomic E-state index is 13.2. The number of amides is 1. The summed E-state index contributed by atoms with van der Waals surface area (Å²) < 4.78 is 11.4. The number of benzene rings is 2. The lowest BCUT2D eigenvalue weighted by molar-refractivity contribution is -0.148. The Morgan fingerprint density at radius 1 is 1.22 bits per heavy atom. The largest absolute Gasteiger partial charge is 0.479 e. The number of hydrogen-bond acceptors (Lipinski definition) is 6. The highest BCUT2D eigenvalue weighted by Crippen LogP contribution is 2.40. The third-order valence-corrected chi connectivity index (χ3v) is 6.36. The fourth-order valence-corrected chi connectivity index (χ4v) is 4.75. The number of anilines is 1. The van der Waals surface area contributed by atoms with Gasteiger partial charge in [0.1, 0.15) is 18.4 Å². The standard InChI is InChI=1S/C25H26N2O4S/c1-5-20(25(29)30-14-18-9-7-6-8-10-18)27-21-13-19(23-16(3)32-17(4)26-23)11-12-22(21)31-15(2)24(27)28/h6-13,15,20H,5,14H2,1-4H3. The minimum Gasteiger partial charge on any atom is -0.479 e. The van der Waals surface area contributed by atoms with Crippen LogP contribution in [0.4, 0.5) is 5.69 Å². The van der Waals surface area contributed by atoms with Gasteiger partial charge in [0.05, 0.1) is 16.4 Å². The zero-order valence-corrected chi connectivity index (χ0v) is 19.4. The van der Waals surface area contributed by atoms with Crippen molar-refractivity contribution < 1.29 is 19.1 Å². The molecule has 0 radical (unpaired) electrons. The highest BCUT2D eigenvalue weighted by Gasteiger charge is 2.39. The maximum Gasteiger partial charge on any atom is 0.329 e. The first-order valence-corrected chi connectivity index (χ1v) is 11.5. The molecule has 0 spiro atoms. The predicted octanol–water partition coefficient (Wildman–Crippen LogP) is 5.06. The smallest absolute Gasteiger partial charge is 0.329 e. The fraction of sp³-hybridized carbons (Fsp3) is 0.320. The molecule has 7 heteroatoms. The van der Waals surface area contributed by atoms with E-state index in [9.17, 15) is 9.59 Å². The Labute approximate surface area is 191 Å². The Bertz CT molecular complexity index is 1140. The summed E-state index contributed by atoms with van der Waals surface area (Å²) in [5.41, 5.74) is 3.23. The Morgan fingerprint density at radius 2 is 1.97 bits per heavy atom. The van der Waals surface area contributed by atoms with Crippen LogP contribution in [0, 0.1) is 13.8 Å². The highest BCUT2D eigenvalue weighted by molar-refractivity contribution is 7.11. The number of carbonyl (C=O) groups excluding carboxylic acids is 2. The van der Waals surface area contributed by atoms with Crippen molar-refractivity contribution in [2.75, 3.05) is 4.90 Å². The molecular formula is C25H26N2O4S. The van der Waals surface area contributed by atoms with Gasteiger partial charge in [0.2, 0.25) is 0 Å². The van der Waals surface area contributed by atoms with E-state index in [4.69, 9.17) is 9.47 Å². The third kappa shape index (κ3) is 4.25. The van der Waals surface area contributed by atoms with Crippen LogP contribution >= 0.6 is 11.3 Å². The van der Waals surface area contributed by atoms with E-state index in [-0.39, 0.29) is 12.5 Å². The quantitative estimate of drug-likeness (QED) is 0.491. The van der Waals surface area contributed by atoms with Crippen molar-refractivity contribution in [1.29, 1.82) is 0 Å². The first-order valence-electron chi connectivity index (χ1n) is 10.7. The minimum absolute atomic E-state index is 0.161. The number of nitrogens with zero attached hydrogens (tertiary/aromatic N) is 2. The van der Waals surface area contributed by atoms with Gasteiger partial charge in [0.25, 0.3) is 5.91 Å². The van der Waals surface area contributed by atoms with Crippen molar-refractivity contribution in [3.8, 4) is 17.0 Å². The minimum atomic E-state index is -0.746. The van der Waals surface area contributed by atoms with Crippen molar-refractivity contribution in [3.63, 3.8) is 0 Å². The zero-order valence-electron chi connectivity index (χ0n) is 18.6. The summed E-state index contributed by atoms with van der Waals surface area (Å²) in [5.74, 6) is -0.125. The molecular weight excluding hydrogens is 424 g/mol. The molecule has 2 heterocycles. The maximum atomic E-state index is 13.2. The van der Waals surface area contributed by atoms with E-state index >= 15 is 0 Å². The molecule has 0 aliphatic carbocycles. The van der Waals surface area contributed by atoms with Crippen LogP contribution in [0.2, 0.25) is 0 Å². The molecule has 1 aromatic heterocycles. The average Bonchev–Trinajstić information content (AvgIpc) is 3.13. The molecule has 0 saturated heterocycles. The van der Waals surface area contributed by atoms with Gasteiger partial charge in [-0.05, 0) is 51.0 Å². The number of rotatable bonds is 6. The predicted molar refractivity (Wildman–Crippen MR) is 125 cm³/mol. The van der Waals surface area contributed by atoms with E-state index in [0.717, 1.165) is 26.7 Å². The summed E-state index contributed by atoms with van der Waals surface area (Å²) in [5, 5.41) is 0.976. The lowest BCUT2D eigenvalue weighted by Crippen LogP contribution is -2.52. The summed E-state index contributed by atoms with van der Waals surface area (Å²) in [6.45, 7) is 7.72. The van der Waals surface area contributed by atoms with Gasteiger partial charge in [0.15, 0.2) is 6.10 Å². The molecule has 3 aromatic rings. The number of hydrogen-bond donors (Lipinski definition) is 0. The van der Waals surface area contributed by atoms with Crippen LogP contribution < -0.4 is 9.64 Å². The molecule has 2 unspecified atom stereocenters. The molecule has 2 atom stereocenters. The molecule has 0 N–H and O–H groups in total. The van der Waals surface area contributed by atoms with Gasteiger partial charge in [-0.1, -0.05) is 37.3 Å². The first kappa shape index (κ1) is 22.0. The molecule has 166 valence electrons. The topological polar surface area (TPSA) is 68.7 Å². The van der Waals surface area contributed by atoms with Gasteiger partial charge in [-0.25, -0.2) is 9.78 Å². The van der Waals surface area contributed by atoms with Crippen LogP contribution in [0.5, 0.6) is 5.75 Å². The lowest BCUT2D eigenvalue weighted by atomic mass is 10.0. The molecule has 0 fully saturated rings. The summed E-state index contributed by atoms with van der Waals surface area (Å²) in [6.07, 6.45) is -0.266. The number of aryl methyl sites for hydroxylation is 2. The van der Waals surface area contributed by atoms with Crippen molar-refractivity contribution in [2.24, 2.45) is 0 Å². The van der Waals surface area contributed by atoms with Crippen molar-refractivity contribution in [1.82, 2.24) is 4.98 Å². The molecule has 1 amide bonds. The molecule has 1 aliphatic rings. The highest BCUT2D eigenvalue weighted by atomic mass is 32.1. The van der Waals surface area contributed by atoms with Gasteiger partial charge >= 0.3 is 5.97 Å². The molecule has 4 rings (SSSR count). The Kier molecular flexibility index (Phi) is 6.28. The van der Waals surface area contributed by atoms with Crippen LogP contribution in [0.15, 0.2) is 48.5 Å². The molecule has 32 heavy (non-hydrogen) atoms. The van der Waals surface area contributed by atoms with E-state index in [0.29, 0.717) is 17.9 Å². The van der Waals surface area contributed by atoms with E-state index < -0.39 is 18.1 Å². The van der Waals surface area contributed by atoms with Gasteiger partial charge < -0.3 is 9.47 Å². The fourth-order valence-electron chi connectivity index (χ4n) is 3.91. The summed E-state index contributed by atoms with van der Waals surface area (Å²) >= 11 is 1.63.